The number of rotatable bonds is 6. The first-order valence-corrected chi connectivity index (χ1v) is 7.46. The van der Waals surface area contributed by atoms with E-state index in [-0.39, 0.29) is 0 Å². The number of aryl methyl sites for hydroxylation is 3. The van der Waals surface area contributed by atoms with Crippen LogP contribution in [0.15, 0.2) is 24.3 Å². The Hall–Kier alpha value is -2.14. The van der Waals surface area contributed by atoms with Gasteiger partial charge in [-0.15, -0.1) is 0 Å². The minimum Gasteiger partial charge on any atom is -0.480 e. The summed E-state index contributed by atoms with van der Waals surface area (Å²) in [5.41, 5.74) is 4.91. The lowest BCUT2D eigenvalue weighted by atomic mass is 10.0. The molecule has 0 radical (unpaired) electrons. The molecule has 0 amide bonds. The zero-order valence-electron chi connectivity index (χ0n) is 13.6. The number of carbonyl (C=O) groups is 1. The molecule has 0 aliphatic rings. The Bertz CT molecular complexity index is 644. The summed E-state index contributed by atoms with van der Waals surface area (Å²) in [5, 5.41) is 16.8. The molecule has 2 aromatic rings. The molecule has 5 nitrogen and oxygen atoms in total. The van der Waals surface area contributed by atoms with Gasteiger partial charge in [0.15, 0.2) is 0 Å². The molecule has 0 aliphatic carbocycles. The Morgan fingerprint density at radius 2 is 2.14 bits per heavy atom. The molecule has 1 aromatic heterocycles. The largest absolute Gasteiger partial charge is 0.480 e. The van der Waals surface area contributed by atoms with Crippen LogP contribution in [0.2, 0.25) is 0 Å². The summed E-state index contributed by atoms with van der Waals surface area (Å²) >= 11 is 0. The third-order valence-corrected chi connectivity index (χ3v) is 4.04. The summed E-state index contributed by atoms with van der Waals surface area (Å²) in [6, 6.07) is 7.13. The molecule has 22 heavy (non-hydrogen) atoms. The lowest BCUT2D eigenvalue weighted by Crippen LogP contribution is -2.30. The summed E-state index contributed by atoms with van der Waals surface area (Å²) in [5.74, 6) is -0.838. The van der Waals surface area contributed by atoms with Crippen LogP contribution < -0.4 is 0 Å². The number of H-pyrrole nitrogens is 1. The average molecular weight is 301 g/mol. The van der Waals surface area contributed by atoms with Gasteiger partial charge in [0.2, 0.25) is 0 Å². The van der Waals surface area contributed by atoms with Crippen LogP contribution in [-0.2, 0) is 17.8 Å². The Kier molecular flexibility index (Phi) is 4.98. The Morgan fingerprint density at radius 1 is 1.41 bits per heavy atom. The highest BCUT2D eigenvalue weighted by Crippen LogP contribution is 2.24. The fraction of sp³-hybridized carbons (Fsp3) is 0.412. The standard InChI is InChI=1S/C17H23N3O2/c1-5-13-7-6-8-14(9-13)16(17(21)22)20(4)10-15-11(2)18-19-12(15)3/h6-9,16H,5,10H2,1-4H3,(H,18,19)(H,21,22)/t16-/m0/s1. The molecule has 1 atom stereocenters. The summed E-state index contributed by atoms with van der Waals surface area (Å²) in [6.07, 6.45) is 0.893. The molecule has 0 bridgehead atoms. The molecule has 1 heterocycles. The number of aromatic nitrogens is 2. The van der Waals surface area contributed by atoms with Crippen molar-refractivity contribution in [2.75, 3.05) is 7.05 Å². The lowest BCUT2D eigenvalue weighted by Gasteiger charge is -2.25. The van der Waals surface area contributed by atoms with Gasteiger partial charge in [0.05, 0.1) is 5.69 Å². The molecule has 0 aliphatic heterocycles. The van der Waals surface area contributed by atoms with Gasteiger partial charge in [0.25, 0.3) is 0 Å². The van der Waals surface area contributed by atoms with Crippen LogP contribution in [0.5, 0.6) is 0 Å². The molecule has 0 saturated heterocycles. The van der Waals surface area contributed by atoms with Gasteiger partial charge in [0.1, 0.15) is 6.04 Å². The van der Waals surface area contributed by atoms with Crippen LogP contribution in [0.3, 0.4) is 0 Å². The van der Waals surface area contributed by atoms with Crippen molar-refractivity contribution in [2.45, 2.75) is 39.8 Å². The van der Waals surface area contributed by atoms with Gasteiger partial charge in [-0.05, 0) is 38.4 Å². The average Bonchev–Trinajstić information content (AvgIpc) is 2.79. The summed E-state index contributed by atoms with van der Waals surface area (Å²) in [7, 11) is 1.84. The van der Waals surface area contributed by atoms with Crippen molar-refractivity contribution in [3.8, 4) is 0 Å². The molecule has 5 heteroatoms. The molecule has 0 spiro atoms. The number of hydrogen-bond donors (Lipinski definition) is 2. The number of nitrogens with one attached hydrogen (secondary N) is 1. The molecule has 1 aromatic carbocycles. The second-order valence-electron chi connectivity index (χ2n) is 5.67. The highest BCUT2D eigenvalue weighted by molar-refractivity contribution is 5.75. The van der Waals surface area contributed by atoms with Gasteiger partial charge >= 0.3 is 5.97 Å². The van der Waals surface area contributed by atoms with E-state index in [2.05, 4.69) is 17.1 Å². The SMILES string of the molecule is CCc1cccc([C@@H](C(=O)O)N(C)Cc2c(C)n[nH]c2C)c1. The summed E-state index contributed by atoms with van der Waals surface area (Å²) in [4.78, 5) is 13.6. The number of aliphatic carboxylic acids is 1. The molecule has 118 valence electrons. The van der Waals surface area contributed by atoms with Crippen LogP contribution in [-0.4, -0.2) is 33.2 Å². The van der Waals surface area contributed by atoms with Crippen LogP contribution in [0.1, 0.15) is 41.0 Å². The van der Waals surface area contributed by atoms with Crippen molar-refractivity contribution in [1.82, 2.24) is 15.1 Å². The van der Waals surface area contributed by atoms with Gasteiger partial charge < -0.3 is 5.11 Å². The second kappa shape index (κ2) is 6.75. The highest BCUT2D eigenvalue weighted by atomic mass is 16.4. The third-order valence-electron chi connectivity index (χ3n) is 4.04. The first-order valence-electron chi connectivity index (χ1n) is 7.46. The van der Waals surface area contributed by atoms with Gasteiger partial charge in [-0.2, -0.15) is 5.10 Å². The first-order chi connectivity index (χ1) is 10.4. The van der Waals surface area contributed by atoms with Crippen molar-refractivity contribution >= 4 is 5.97 Å². The predicted molar refractivity (Wildman–Crippen MR) is 85.7 cm³/mol. The molecular formula is C17H23N3O2. The minimum atomic E-state index is -0.838. The third kappa shape index (κ3) is 3.36. The van der Waals surface area contributed by atoms with Crippen LogP contribution in [0, 0.1) is 13.8 Å². The van der Waals surface area contributed by atoms with Gasteiger partial charge in [0, 0.05) is 17.8 Å². The minimum absolute atomic E-state index is 0.543. The number of carboxylic acid groups (broad SMARTS) is 1. The molecule has 0 fully saturated rings. The van der Waals surface area contributed by atoms with E-state index in [9.17, 15) is 9.90 Å². The number of aromatic amines is 1. The van der Waals surface area contributed by atoms with E-state index in [4.69, 9.17) is 0 Å². The van der Waals surface area contributed by atoms with Crippen LogP contribution in [0.4, 0.5) is 0 Å². The lowest BCUT2D eigenvalue weighted by molar-refractivity contribution is -0.143. The van der Waals surface area contributed by atoms with E-state index in [1.54, 1.807) is 0 Å². The molecule has 0 saturated carbocycles. The van der Waals surface area contributed by atoms with Crippen LogP contribution >= 0.6 is 0 Å². The quantitative estimate of drug-likeness (QED) is 0.861. The Morgan fingerprint density at radius 3 is 2.68 bits per heavy atom. The van der Waals surface area contributed by atoms with E-state index >= 15 is 0 Å². The summed E-state index contributed by atoms with van der Waals surface area (Å²) in [6.45, 7) is 6.50. The number of nitrogens with zero attached hydrogens (tertiary/aromatic N) is 2. The van der Waals surface area contributed by atoms with E-state index in [1.807, 2.05) is 50.1 Å². The second-order valence-corrected chi connectivity index (χ2v) is 5.67. The molecule has 0 unspecified atom stereocenters. The van der Waals surface area contributed by atoms with Crippen molar-refractivity contribution in [3.05, 3.63) is 52.3 Å². The smallest absolute Gasteiger partial charge is 0.325 e. The highest BCUT2D eigenvalue weighted by Gasteiger charge is 2.26. The van der Waals surface area contributed by atoms with E-state index < -0.39 is 12.0 Å². The van der Waals surface area contributed by atoms with E-state index in [0.29, 0.717) is 6.54 Å². The fourth-order valence-corrected chi connectivity index (χ4v) is 2.72. The van der Waals surface area contributed by atoms with Gasteiger partial charge in [-0.25, -0.2) is 0 Å². The maximum atomic E-state index is 11.8. The molecular weight excluding hydrogens is 278 g/mol. The van der Waals surface area contributed by atoms with E-state index in [1.165, 1.54) is 0 Å². The zero-order valence-corrected chi connectivity index (χ0v) is 13.6. The first kappa shape index (κ1) is 16.2. The maximum absolute atomic E-state index is 11.8. The maximum Gasteiger partial charge on any atom is 0.325 e. The van der Waals surface area contributed by atoms with Gasteiger partial charge in [-0.3, -0.25) is 14.8 Å². The number of hydrogen-bond acceptors (Lipinski definition) is 3. The number of carboxylic acids is 1. The number of likely N-dealkylation sites (N-methyl/N-ethyl adjacent to an activating group) is 1. The van der Waals surface area contributed by atoms with Crippen molar-refractivity contribution < 1.29 is 9.90 Å². The molecule has 2 rings (SSSR count). The van der Waals surface area contributed by atoms with Crippen molar-refractivity contribution in [3.63, 3.8) is 0 Å². The topological polar surface area (TPSA) is 69.2 Å². The van der Waals surface area contributed by atoms with Gasteiger partial charge in [-0.1, -0.05) is 31.2 Å². The monoisotopic (exact) mass is 301 g/mol. The fourth-order valence-electron chi connectivity index (χ4n) is 2.72. The summed E-state index contributed by atoms with van der Waals surface area (Å²) < 4.78 is 0. The van der Waals surface area contributed by atoms with E-state index in [0.717, 1.165) is 34.5 Å². The predicted octanol–water partition coefficient (Wildman–Crippen LogP) is 2.85. The number of benzene rings is 1. The Balaban J connectivity index is 2.29. The van der Waals surface area contributed by atoms with Crippen molar-refractivity contribution in [2.24, 2.45) is 0 Å². The normalized spacial score (nSPS) is 12.6. The Labute approximate surface area is 131 Å². The molecule has 2 N–H and O–H groups in total. The zero-order chi connectivity index (χ0) is 16.3. The van der Waals surface area contributed by atoms with Crippen molar-refractivity contribution in [1.29, 1.82) is 0 Å². The van der Waals surface area contributed by atoms with Crippen LogP contribution in [0.25, 0.3) is 0 Å².